The van der Waals surface area contributed by atoms with Crippen LogP contribution in [0.1, 0.15) is 30.9 Å². The predicted octanol–water partition coefficient (Wildman–Crippen LogP) is 6.86. The van der Waals surface area contributed by atoms with Gasteiger partial charge in [0, 0.05) is 48.2 Å². The third kappa shape index (κ3) is 5.95. The van der Waals surface area contributed by atoms with E-state index in [1.807, 2.05) is 30.3 Å². The number of nitrogens with one attached hydrogen (secondary N) is 2. The summed E-state index contributed by atoms with van der Waals surface area (Å²) in [4.78, 5) is 4.80. The van der Waals surface area contributed by atoms with Crippen LogP contribution in [-0.2, 0) is 13.1 Å². The van der Waals surface area contributed by atoms with Crippen LogP contribution in [0.3, 0.4) is 0 Å². The number of anilines is 1. The Morgan fingerprint density at radius 1 is 0.892 bits per heavy atom. The molecule has 2 N–H and O–H groups in total. The Morgan fingerprint density at radius 3 is 2.46 bits per heavy atom. The Morgan fingerprint density at radius 2 is 1.65 bits per heavy atom. The van der Waals surface area contributed by atoms with Crippen LogP contribution in [0, 0.1) is 5.92 Å². The highest BCUT2D eigenvalue weighted by Crippen LogP contribution is 2.27. The van der Waals surface area contributed by atoms with Crippen molar-refractivity contribution in [1.29, 1.82) is 0 Å². The van der Waals surface area contributed by atoms with Crippen molar-refractivity contribution in [3.63, 3.8) is 0 Å². The fourth-order valence-corrected chi connectivity index (χ4v) is 5.12. The molecule has 3 aromatic carbocycles. The molecule has 0 amide bonds. The highest BCUT2D eigenvalue weighted by Gasteiger charge is 2.12. The molecule has 37 heavy (non-hydrogen) atoms. The van der Waals surface area contributed by atoms with Crippen LogP contribution in [0.5, 0.6) is 5.75 Å². The van der Waals surface area contributed by atoms with Crippen LogP contribution in [0.25, 0.3) is 21.8 Å². The van der Waals surface area contributed by atoms with Crippen molar-refractivity contribution < 1.29 is 4.74 Å². The van der Waals surface area contributed by atoms with Crippen molar-refractivity contribution in [2.75, 3.05) is 25.5 Å². The number of rotatable bonds is 12. The number of benzene rings is 3. The molecule has 5 rings (SSSR count). The minimum absolute atomic E-state index is 0.502. The molecule has 1 atom stereocenters. The average Bonchev–Trinajstić information content (AvgIpc) is 3.28. The first-order chi connectivity index (χ1) is 18.2. The summed E-state index contributed by atoms with van der Waals surface area (Å²) < 4.78 is 7.98. The van der Waals surface area contributed by atoms with Crippen molar-refractivity contribution in [2.24, 2.45) is 5.92 Å². The first-order valence-corrected chi connectivity index (χ1v) is 13.2. The lowest BCUT2D eigenvalue weighted by atomic mass is 10.0. The van der Waals surface area contributed by atoms with Crippen LogP contribution >= 0.6 is 0 Å². The molecule has 5 heteroatoms. The van der Waals surface area contributed by atoms with Crippen LogP contribution in [-0.4, -0.2) is 29.8 Å². The Kier molecular flexibility index (Phi) is 8.02. The Balaban J connectivity index is 1.24. The highest BCUT2D eigenvalue weighted by atomic mass is 16.5. The van der Waals surface area contributed by atoms with E-state index < -0.39 is 0 Å². The molecule has 190 valence electrons. The summed E-state index contributed by atoms with van der Waals surface area (Å²) in [6, 6.07) is 29.5. The van der Waals surface area contributed by atoms with Crippen LogP contribution in [0.4, 0.5) is 5.82 Å². The summed E-state index contributed by atoms with van der Waals surface area (Å²) in [7, 11) is 1.71. The third-order valence-corrected chi connectivity index (χ3v) is 6.98. The molecular formula is C32H36N4O. The highest BCUT2D eigenvalue weighted by molar-refractivity contribution is 5.87. The van der Waals surface area contributed by atoms with E-state index in [4.69, 9.17) is 9.72 Å². The van der Waals surface area contributed by atoms with E-state index in [0.717, 1.165) is 61.5 Å². The van der Waals surface area contributed by atoms with Gasteiger partial charge in [0.1, 0.15) is 11.6 Å². The van der Waals surface area contributed by atoms with Gasteiger partial charge < -0.3 is 19.9 Å². The summed E-state index contributed by atoms with van der Waals surface area (Å²) in [6.45, 7) is 5.80. The smallest absolute Gasteiger partial charge is 0.131 e. The maximum absolute atomic E-state index is 5.62. The number of para-hydroxylation sites is 2. The van der Waals surface area contributed by atoms with Gasteiger partial charge in [-0.1, -0.05) is 74.0 Å². The summed E-state index contributed by atoms with van der Waals surface area (Å²) in [5.74, 6) is 2.22. The molecule has 0 fully saturated rings. The van der Waals surface area contributed by atoms with Crippen molar-refractivity contribution in [3.8, 4) is 5.75 Å². The molecule has 0 spiro atoms. The number of pyridine rings is 1. The van der Waals surface area contributed by atoms with Crippen molar-refractivity contribution in [3.05, 3.63) is 102 Å². The summed E-state index contributed by atoms with van der Waals surface area (Å²) in [5.41, 5.74) is 4.89. The van der Waals surface area contributed by atoms with Gasteiger partial charge in [-0.05, 0) is 48.2 Å². The number of aromatic nitrogens is 2. The first kappa shape index (κ1) is 24.8. The third-order valence-electron chi connectivity index (χ3n) is 6.98. The molecule has 0 radical (unpaired) electrons. The lowest BCUT2D eigenvalue weighted by molar-refractivity contribution is 0.419. The maximum atomic E-state index is 5.62. The predicted molar refractivity (Wildman–Crippen MR) is 154 cm³/mol. The Labute approximate surface area is 219 Å². The van der Waals surface area contributed by atoms with Gasteiger partial charge in [0.05, 0.1) is 12.6 Å². The van der Waals surface area contributed by atoms with Gasteiger partial charge in [0.25, 0.3) is 0 Å². The van der Waals surface area contributed by atoms with Gasteiger partial charge in [0.2, 0.25) is 0 Å². The molecule has 0 saturated heterocycles. The van der Waals surface area contributed by atoms with Crippen molar-refractivity contribution >= 4 is 27.6 Å². The van der Waals surface area contributed by atoms with Gasteiger partial charge in [0.15, 0.2) is 0 Å². The zero-order valence-electron chi connectivity index (χ0n) is 21.8. The molecule has 0 bridgehead atoms. The second kappa shape index (κ2) is 11.9. The van der Waals surface area contributed by atoms with E-state index in [0.29, 0.717) is 5.92 Å². The second-order valence-electron chi connectivity index (χ2n) is 9.68. The normalized spacial score (nSPS) is 12.2. The van der Waals surface area contributed by atoms with Crippen LogP contribution in [0.15, 0.2) is 91.1 Å². The number of nitrogens with zero attached hydrogens (tertiary/aromatic N) is 2. The lowest BCUT2D eigenvalue weighted by Gasteiger charge is -2.19. The Bertz CT molecular complexity index is 1440. The number of hydrogen-bond acceptors (Lipinski definition) is 4. The van der Waals surface area contributed by atoms with Gasteiger partial charge in [-0.3, -0.25) is 0 Å². The van der Waals surface area contributed by atoms with E-state index >= 15 is 0 Å². The van der Waals surface area contributed by atoms with E-state index in [9.17, 15) is 0 Å². The van der Waals surface area contributed by atoms with Gasteiger partial charge >= 0.3 is 0 Å². The van der Waals surface area contributed by atoms with E-state index in [2.05, 4.69) is 82.9 Å². The molecule has 0 aliphatic rings. The monoisotopic (exact) mass is 492 g/mol. The molecule has 0 saturated carbocycles. The number of ether oxygens (including phenoxy) is 1. The first-order valence-electron chi connectivity index (χ1n) is 13.2. The molecule has 0 unspecified atom stereocenters. The van der Waals surface area contributed by atoms with E-state index in [-0.39, 0.29) is 0 Å². The van der Waals surface area contributed by atoms with Crippen molar-refractivity contribution in [1.82, 2.24) is 14.9 Å². The molecule has 0 aliphatic carbocycles. The SMILES string of the molecule is CCC[C@@H](CNCc1cn(Cc2ccccc2)c2ccccc12)CNc1cc(OC)c2ccccc2n1. The number of hydrogen-bond donors (Lipinski definition) is 2. The maximum Gasteiger partial charge on any atom is 0.131 e. The van der Waals surface area contributed by atoms with Crippen LogP contribution in [0.2, 0.25) is 0 Å². The topological polar surface area (TPSA) is 51.1 Å². The molecule has 2 aromatic heterocycles. The van der Waals surface area contributed by atoms with Crippen molar-refractivity contribution in [2.45, 2.75) is 32.9 Å². The summed E-state index contributed by atoms with van der Waals surface area (Å²) in [5, 5.41) is 9.68. The van der Waals surface area contributed by atoms with E-state index in [1.165, 1.54) is 22.0 Å². The lowest BCUT2D eigenvalue weighted by Crippen LogP contribution is -2.27. The minimum Gasteiger partial charge on any atom is -0.496 e. The van der Waals surface area contributed by atoms with Crippen LogP contribution < -0.4 is 15.4 Å². The molecule has 0 aliphatic heterocycles. The van der Waals surface area contributed by atoms with E-state index in [1.54, 1.807) is 7.11 Å². The minimum atomic E-state index is 0.502. The molecule has 5 nitrogen and oxygen atoms in total. The molecular weight excluding hydrogens is 456 g/mol. The van der Waals surface area contributed by atoms with Gasteiger partial charge in [-0.15, -0.1) is 0 Å². The zero-order chi connectivity index (χ0) is 25.5. The Hall–Kier alpha value is -3.83. The fourth-order valence-electron chi connectivity index (χ4n) is 5.12. The second-order valence-corrected chi connectivity index (χ2v) is 9.68. The quantitative estimate of drug-likeness (QED) is 0.200. The molecule has 5 aromatic rings. The van der Waals surface area contributed by atoms with Gasteiger partial charge in [-0.25, -0.2) is 4.98 Å². The van der Waals surface area contributed by atoms with Gasteiger partial charge in [-0.2, -0.15) is 0 Å². The summed E-state index contributed by atoms with van der Waals surface area (Å²) in [6.07, 6.45) is 4.61. The number of fused-ring (bicyclic) bond motifs is 2. The largest absolute Gasteiger partial charge is 0.496 e. The average molecular weight is 493 g/mol. The fraction of sp³-hybridized carbons (Fsp3) is 0.281. The standard InChI is InChI=1S/C32H36N4O/c1-3-11-25(20-34-32-18-31(37-2)28-15-7-9-16-29(28)35-32)19-33-21-26-23-36(22-24-12-5-4-6-13-24)30-17-10-8-14-27(26)30/h4-10,12-18,23,25,33H,3,11,19-22H2,1-2H3,(H,34,35)/t25-/m0/s1. The molecule has 2 heterocycles. The zero-order valence-corrected chi connectivity index (χ0v) is 21.8. The summed E-state index contributed by atoms with van der Waals surface area (Å²) >= 11 is 0. The number of methoxy groups -OCH3 is 1.